The topological polar surface area (TPSA) is 64.9 Å². The number of nitrogens with one attached hydrogen (secondary N) is 1. The zero-order chi connectivity index (χ0) is 13.1. The molecule has 0 saturated carbocycles. The number of rotatable bonds is 5. The summed E-state index contributed by atoms with van der Waals surface area (Å²) in [5.74, 6) is 0.774. The van der Waals surface area contributed by atoms with E-state index in [0.717, 1.165) is 16.3 Å². The molecule has 0 aliphatic heterocycles. The van der Waals surface area contributed by atoms with E-state index in [9.17, 15) is 0 Å². The summed E-state index contributed by atoms with van der Waals surface area (Å²) in [6.45, 7) is 4.18. The van der Waals surface area contributed by atoms with Crippen LogP contribution < -0.4 is 10.1 Å². The number of aromatic nitrogens is 4. The van der Waals surface area contributed by atoms with Crippen LogP contribution in [0.15, 0.2) is 12.4 Å². The Morgan fingerprint density at radius 2 is 2.17 bits per heavy atom. The van der Waals surface area contributed by atoms with Crippen molar-refractivity contribution in [3.63, 3.8) is 0 Å². The first-order chi connectivity index (χ1) is 8.69. The predicted molar refractivity (Wildman–Crippen MR) is 70.0 cm³/mol. The van der Waals surface area contributed by atoms with Gasteiger partial charge in [0.1, 0.15) is 5.69 Å². The second-order valence-corrected chi connectivity index (χ2v) is 5.00. The lowest BCUT2D eigenvalue weighted by Gasteiger charge is -2.19. The molecule has 1 atom stereocenters. The van der Waals surface area contributed by atoms with Crippen molar-refractivity contribution in [1.82, 2.24) is 24.7 Å². The fourth-order valence-corrected chi connectivity index (χ4v) is 2.53. The lowest BCUT2D eigenvalue weighted by Crippen LogP contribution is -2.22. The van der Waals surface area contributed by atoms with Gasteiger partial charge in [0.2, 0.25) is 0 Å². The first-order valence-electron chi connectivity index (χ1n) is 5.75. The molecule has 0 spiro atoms. The molecule has 98 valence electrons. The first kappa shape index (κ1) is 13.0. The van der Waals surface area contributed by atoms with Crippen molar-refractivity contribution in [3.05, 3.63) is 23.0 Å². The van der Waals surface area contributed by atoms with E-state index in [0.29, 0.717) is 0 Å². The lowest BCUT2D eigenvalue weighted by molar-refractivity contribution is 0.397. The smallest absolute Gasteiger partial charge is 0.161 e. The summed E-state index contributed by atoms with van der Waals surface area (Å²) in [7, 11) is 3.56. The summed E-state index contributed by atoms with van der Waals surface area (Å²) in [5, 5.41) is 11.5. The van der Waals surface area contributed by atoms with Crippen LogP contribution in [0.1, 0.15) is 36.5 Å². The van der Waals surface area contributed by atoms with E-state index >= 15 is 0 Å². The quantitative estimate of drug-likeness (QED) is 0.892. The average molecular weight is 267 g/mol. The highest BCUT2D eigenvalue weighted by Crippen LogP contribution is 2.32. The van der Waals surface area contributed by atoms with Crippen LogP contribution in [0.2, 0.25) is 0 Å². The molecule has 1 N–H and O–H groups in total. The van der Waals surface area contributed by atoms with E-state index in [1.54, 1.807) is 19.5 Å². The maximum Gasteiger partial charge on any atom is 0.161 e. The molecule has 0 radical (unpaired) electrons. The van der Waals surface area contributed by atoms with Crippen molar-refractivity contribution >= 4 is 11.5 Å². The average Bonchev–Trinajstić information content (AvgIpc) is 2.99. The van der Waals surface area contributed by atoms with Crippen molar-refractivity contribution in [2.75, 3.05) is 14.2 Å². The molecule has 0 aliphatic carbocycles. The van der Waals surface area contributed by atoms with Crippen LogP contribution in [0.5, 0.6) is 5.75 Å². The Labute approximate surface area is 110 Å². The summed E-state index contributed by atoms with van der Waals surface area (Å²) < 4.78 is 11.3. The largest absolute Gasteiger partial charge is 0.493 e. The van der Waals surface area contributed by atoms with Gasteiger partial charge in [-0.15, -0.1) is 5.10 Å². The molecule has 18 heavy (non-hydrogen) atoms. The van der Waals surface area contributed by atoms with Gasteiger partial charge in [0, 0.05) is 6.04 Å². The normalized spacial score (nSPS) is 12.9. The second-order valence-electron chi connectivity index (χ2n) is 4.18. The van der Waals surface area contributed by atoms with Gasteiger partial charge in [0.15, 0.2) is 5.75 Å². The fourth-order valence-electron chi connectivity index (χ4n) is 1.91. The summed E-state index contributed by atoms with van der Waals surface area (Å²) in [6, 6.07) is 0.255. The Balaban J connectivity index is 2.50. The second kappa shape index (κ2) is 5.45. The number of ether oxygens (including phenoxy) is 1. The SMILES string of the molecule is CNC(c1cnns1)c1c(OC)cnn1C(C)C. The molecule has 1 unspecified atom stereocenters. The number of methoxy groups -OCH3 is 1. The van der Waals surface area contributed by atoms with E-state index < -0.39 is 0 Å². The molecule has 0 aliphatic rings. The summed E-state index contributed by atoms with van der Waals surface area (Å²) in [6.07, 6.45) is 3.51. The highest BCUT2D eigenvalue weighted by molar-refractivity contribution is 7.05. The van der Waals surface area contributed by atoms with Crippen molar-refractivity contribution < 1.29 is 4.74 Å². The minimum atomic E-state index is -0.00940. The third-order valence-electron chi connectivity index (χ3n) is 2.73. The molecule has 0 fully saturated rings. The van der Waals surface area contributed by atoms with Crippen LogP contribution in [0, 0.1) is 0 Å². The van der Waals surface area contributed by atoms with E-state index in [2.05, 4.69) is 33.8 Å². The van der Waals surface area contributed by atoms with Gasteiger partial charge in [-0.25, -0.2) is 0 Å². The van der Waals surface area contributed by atoms with E-state index in [1.807, 2.05) is 11.7 Å². The van der Waals surface area contributed by atoms with Crippen molar-refractivity contribution in [2.45, 2.75) is 25.9 Å². The van der Waals surface area contributed by atoms with Gasteiger partial charge >= 0.3 is 0 Å². The van der Waals surface area contributed by atoms with E-state index in [1.165, 1.54) is 11.5 Å². The molecule has 2 rings (SSSR count). The summed E-state index contributed by atoms with van der Waals surface area (Å²) in [4.78, 5) is 1.04. The van der Waals surface area contributed by atoms with Crippen LogP contribution >= 0.6 is 11.5 Å². The molecule has 2 heterocycles. The molecule has 0 amide bonds. The maximum atomic E-state index is 5.40. The van der Waals surface area contributed by atoms with Gasteiger partial charge in [-0.1, -0.05) is 4.49 Å². The van der Waals surface area contributed by atoms with E-state index in [4.69, 9.17) is 4.74 Å². The van der Waals surface area contributed by atoms with Gasteiger partial charge in [-0.2, -0.15) is 5.10 Å². The van der Waals surface area contributed by atoms with E-state index in [-0.39, 0.29) is 12.1 Å². The number of hydrogen-bond acceptors (Lipinski definition) is 6. The minimum Gasteiger partial charge on any atom is -0.493 e. The molecule has 2 aromatic rings. The summed E-state index contributed by atoms with van der Waals surface area (Å²) >= 11 is 1.37. The molecule has 0 saturated heterocycles. The van der Waals surface area contributed by atoms with Gasteiger partial charge in [0.05, 0.1) is 30.4 Å². The third kappa shape index (κ3) is 2.23. The van der Waals surface area contributed by atoms with Crippen LogP contribution in [0.25, 0.3) is 0 Å². The van der Waals surface area contributed by atoms with Crippen molar-refractivity contribution in [3.8, 4) is 5.75 Å². The standard InChI is InChI=1S/C11H17N5OS/c1-7(2)16-11(8(17-4)5-14-16)10(12-3)9-6-13-15-18-9/h5-7,10,12H,1-4H3. The fraction of sp³-hybridized carbons (Fsp3) is 0.545. The molecule has 7 heteroatoms. The highest BCUT2D eigenvalue weighted by Gasteiger charge is 2.25. The van der Waals surface area contributed by atoms with Crippen LogP contribution in [-0.4, -0.2) is 33.5 Å². The van der Waals surface area contributed by atoms with Crippen LogP contribution in [-0.2, 0) is 0 Å². The Kier molecular flexibility index (Phi) is 3.93. The minimum absolute atomic E-state index is 0.00940. The number of hydrogen-bond donors (Lipinski definition) is 1. The van der Waals surface area contributed by atoms with Crippen LogP contribution in [0.4, 0.5) is 0 Å². The number of nitrogens with zero attached hydrogens (tertiary/aromatic N) is 4. The van der Waals surface area contributed by atoms with Crippen LogP contribution in [0.3, 0.4) is 0 Å². The molecule has 2 aromatic heterocycles. The predicted octanol–water partition coefficient (Wildman–Crippen LogP) is 1.63. The Morgan fingerprint density at radius 1 is 1.39 bits per heavy atom. The van der Waals surface area contributed by atoms with Gasteiger partial charge in [-0.3, -0.25) is 4.68 Å². The summed E-state index contributed by atoms with van der Waals surface area (Å²) in [5.41, 5.74) is 1.00. The lowest BCUT2D eigenvalue weighted by atomic mass is 10.1. The Hall–Kier alpha value is -1.47. The Bertz CT molecular complexity index is 494. The Morgan fingerprint density at radius 3 is 2.67 bits per heavy atom. The highest BCUT2D eigenvalue weighted by atomic mass is 32.1. The van der Waals surface area contributed by atoms with Crippen molar-refractivity contribution in [1.29, 1.82) is 0 Å². The van der Waals surface area contributed by atoms with Crippen molar-refractivity contribution in [2.24, 2.45) is 0 Å². The molecule has 0 aromatic carbocycles. The molecular weight excluding hydrogens is 250 g/mol. The van der Waals surface area contributed by atoms with Gasteiger partial charge in [-0.05, 0) is 32.4 Å². The third-order valence-corrected chi connectivity index (χ3v) is 3.46. The monoisotopic (exact) mass is 267 g/mol. The first-order valence-corrected chi connectivity index (χ1v) is 6.52. The molecular formula is C11H17N5OS. The van der Waals surface area contributed by atoms with Gasteiger partial charge < -0.3 is 10.1 Å². The maximum absolute atomic E-state index is 5.40. The zero-order valence-corrected chi connectivity index (χ0v) is 11.7. The zero-order valence-electron chi connectivity index (χ0n) is 10.9. The molecule has 0 bridgehead atoms. The molecule has 6 nitrogen and oxygen atoms in total. The van der Waals surface area contributed by atoms with Gasteiger partial charge in [0.25, 0.3) is 0 Å².